The summed E-state index contributed by atoms with van der Waals surface area (Å²) in [6.07, 6.45) is 19.6. The molecular formula is C69H83N3O12. The van der Waals surface area contributed by atoms with Crippen LogP contribution in [0.1, 0.15) is 150 Å². The number of fused-ring (bicyclic) bond motifs is 3. The van der Waals surface area contributed by atoms with Crippen LogP contribution in [0, 0.1) is 34.5 Å². The number of amides is 1. The maximum Gasteiger partial charge on any atom is 0.336 e. The summed E-state index contributed by atoms with van der Waals surface area (Å²) in [7, 11) is 6.28. The predicted molar refractivity (Wildman–Crippen MR) is 324 cm³/mol. The van der Waals surface area contributed by atoms with Gasteiger partial charge >= 0.3 is 11.9 Å². The van der Waals surface area contributed by atoms with Crippen molar-refractivity contribution in [2.24, 2.45) is 17.8 Å². The predicted octanol–water partition coefficient (Wildman–Crippen LogP) is 13.8. The lowest BCUT2D eigenvalue weighted by Crippen LogP contribution is -2.40. The Morgan fingerprint density at radius 2 is 1.48 bits per heavy atom. The zero-order valence-corrected chi connectivity index (χ0v) is 49.4. The number of hydrogen-bond donors (Lipinski definition) is 4. The number of carboxylic acids is 1. The highest BCUT2D eigenvalue weighted by atomic mass is 16.5. The highest BCUT2D eigenvalue weighted by Crippen LogP contribution is 2.48. The normalized spacial score (nSPS) is 21.4. The van der Waals surface area contributed by atoms with Crippen molar-refractivity contribution >= 4 is 40.9 Å². The third kappa shape index (κ3) is 15.9. The Balaban J connectivity index is 0.000000164. The van der Waals surface area contributed by atoms with Crippen molar-refractivity contribution in [3.8, 4) is 40.6 Å². The summed E-state index contributed by atoms with van der Waals surface area (Å²) in [6.45, 7) is 2.11. The number of benzene rings is 5. The Kier molecular flexibility index (Phi) is 21.9. The van der Waals surface area contributed by atoms with E-state index in [0.29, 0.717) is 53.8 Å². The van der Waals surface area contributed by atoms with Crippen LogP contribution in [0.25, 0.3) is 11.6 Å². The number of para-hydroxylation sites is 1. The number of esters is 1. The summed E-state index contributed by atoms with van der Waals surface area (Å²) >= 11 is 0. The molecule has 84 heavy (non-hydrogen) atoms. The zero-order chi connectivity index (χ0) is 59.6. The Hall–Kier alpha value is -7.83. The SMILES string of the molecule is CCC(O)(CC(=N)c1ccc(OC)c(OCCCCCc2ccccc2)c1)C(=O)O.COC(=O)C[C@@H]1CCCC(C#N)(c2ccc(OC)c(OC3CCCC3)c2)C1.COc1ccc(/C=C2/C(=O)Nc3ccccc32)cc1O[C@H]1C[C@H]2CC[C@@H]1C2. The molecule has 1 amide bonds. The molecular weight excluding hydrogens is 1060 g/mol. The smallest absolute Gasteiger partial charge is 0.336 e. The monoisotopic (exact) mass is 1150 g/mol. The Morgan fingerprint density at radius 3 is 2.15 bits per heavy atom. The average molecular weight is 1150 g/mol. The molecule has 15 nitrogen and oxygen atoms in total. The fraction of sp³-hybridized carbons (Fsp3) is 0.464. The van der Waals surface area contributed by atoms with Gasteiger partial charge in [-0.15, -0.1) is 0 Å². The number of nitriles is 1. The standard InChI is InChI=1S/C24H31NO5.C23H23NO3.C22H29NO4/c1-3-24(28,23(26)27)17-20(25)19-13-14-21(29-2)22(16-19)30-15-9-5-8-12-18-10-6-4-7-11-18;1-26-20-9-7-15(11-18-17-4-2-3-5-19(17)24-23(18)25)13-22(20)27-21-12-14-6-8-16(21)10-14;1-25-19-10-9-17(13-20(19)27-18-7-3-4-8-18)22(15-23)11-5-6-16(14-22)12-21(24)26-2/h4,6-7,10-11,13-14,16,25,28H,3,5,8-9,12,15,17H2,1-2H3,(H,26,27);2-5,7,9,11,13-14,16,21H,6,8,10,12H2,1H3,(H,24,25);9-10,13,16,18H,3-8,11-12,14H2,1-2H3/b;18-11+;/t;14-,16+,21-;16-,22?/m.00/s1. The molecule has 10 rings (SSSR count). The lowest BCUT2D eigenvalue weighted by Gasteiger charge is -2.36. The summed E-state index contributed by atoms with van der Waals surface area (Å²) in [6, 6.07) is 37.5. The second-order valence-electron chi connectivity index (χ2n) is 23.0. The summed E-state index contributed by atoms with van der Waals surface area (Å²) in [5.74, 6) is 4.11. The van der Waals surface area contributed by atoms with Gasteiger partial charge in [-0.2, -0.15) is 5.26 Å². The lowest BCUT2D eigenvalue weighted by molar-refractivity contribution is -0.158. The van der Waals surface area contributed by atoms with E-state index in [2.05, 4.69) is 23.5 Å². The maximum atomic E-state index is 12.4. The van der Waals surface area contributed by atoms with Crippen molar-refractivity contribution in [2.75, 3.05) is 40.4 Å². The van der Waals surface area contributed by atoms with Gasteiger partial charge in [-0.3, -0.25) is 9.59 Å². The Morgan fingerprint density at radius 1 is 0.774 bits per heavy atom. The number of hydrogen-bond acceptors (Lipinski definition) is 13. The molecule has 5 aromatic rings. The third-order valence-corrected chi connectivity index (χ3v) is 17.4. The average Bonchev–Trinajstić information content (AvgIpc) is 3.00. The van der Waals surface area contributed by atoms with Crippen molar-refractivity contribution in [2.45, 2.75) is 152 Å². The minimum absolute atomic E-state index is 0.0210. The quantitative estimate of drug-likeness (QED) is 0.0207. The topological polar surface area (TPSA) is 216 Å². The van der Waals surface area contributed by atoms with Gasteiger partial charge in [-0.25, -0.2) is 4.79 Å². The minimum Gasteiger partial charge on any atom is -0.493 e. The number of carbonyl (C=O) groups excluding carboxylic acids is 2. The van der Waals surface area contributed by atoms with Crippen LogP contribution in [0.3, 0.4) is 0 Å². The van der Waals surface area contributed by atoms with Crippen LogP contribution >= 0.6 is 0 Å². The molecule has 0 spiro atoms. The maximum absolute atomic E-state index is 12.4. The van der Waals surface area contributed by atoms with Crippen molar-refractivity contribution in [1.29, 1.82) is 10.7 Å². The summed E-state index contributed by atoms with van der Waals surface area (Å²) < 4.78 is 39.6. The molecule has 1 aliphatic heterocycles. The first-order valence-electron chi connectivity index (χ1n) is 29.9. The van der Waals surface area contributed by atoms with Crippen molar-refractivity contribution in [3.05, 3.63) is 137 Å². The van der Waals surface area contributed by atoms with Crippen molar-refractivity contribution in [3.63, 3.8) is 0 Å². The molecule has 5 aromatic carbocycles. The first-order valence-corrected chi connectivity index (χ1v) is 29.9. The lowest BCUT2D eigenvalue weighted by atomic mass is 9.66. The number of carbonyl (C=O) groups is 3. The van der Waals surface area contributed by atoms with Gasteiger partial charge in [0.1, 0.15) is 6.10 Å². The molecule has 4 N–H and O–H groups in total. The number of methoxy groups -OCH3 is 4. The molecule has 6 atom stereocenters. The number of carboxylic acid groups (broad SMARTS) is 1. The Bertz CT molecular complexity index is 3130. The van der Waals surface area contributed by atoms with Crippen molar-refractivity contribution in [1.82, 2.24) is 0 Å². The molecule has 0 aromatic heterocycles. The van der Waals surface area contributed by atoms with Gasteiger partial charge in [0.2, 0.25) is 0 Å². The van der Waals surface area contributed by atoms with E-state index >= 15 is 0 Å². The van der Waals surface area contributed by atoms with E-state index in [0.717, 1.165) is 110 Å². The molecule has 4 saturated carbocycles. The molecule has 0 saturated heterocycles. The molecule has 2 bridgehead atoms. The number of aliphatic carboxylic acids is 1. The number of anilines is 1. The van der Waals surface area contributed by atoms with Crippen LogP contribution in [0.5, 0.6) is 34.5 Å². The van der Waals surface area contributed by atoms with E-state index < -0.39 is 17.0 Å². The van der Waals surface area contributed by atoms with E-state index in [1.54, 1.807) is 46.5 Å². The second kappa shape index (κ2) is 29.6. The van der Waals surface area contributed by atoms with E-state index in [1.165, 1.54) is 44.8 Å². The number of ether oxygens (including phenoxy) is 7. The number of aliphatic hydroxyl groups is 1. The minimum atomic E-state index is -1.95. The van der Waals surface area contributed by atoms with E-state index in [-0.39, 0.29) is 48.6 Å². The molecule has 1 heterocycles. The van der Waals surface area contributed by atoms with Gasteiger partial charge in [-0.05, 0) is 197 Å². The van der Waals surface area contributed by atoms with E-state index in [9.17, 15) is 29.9 Å². The van der Waals surface area contributed by atoms with Crippen LogP contribution in [-0.2, 0) is 31.0 Å². The number of unbranched alkanes of at least 4 members (excludes halogenated alkanes) is 2. The highest BCUT2D eigenvalue weighted by molar-refractivity contribution is 6.34. The van der Waals surface area contributed by atoms with Crippen LogP contribution in [-0.4, -0.2) is 86.6 Å². The Labute approximate surface area is 495 Å². The van der Waals surface area contributed by atoms with E-state index in [1.807, 2.05) is 84.9 Å². The fourth-order valence-corrected chi connectivity index (χ4v) is 12.5. The van der Waals surface area contributed by atoms with Crippen LogP contribution in [0.15, 0.2) is 109 Å². The third-order valence-electron chi connectivity index (χ3n) is 17.4. The van der Waals surface area contributed by atoms with Crippen molar-refractivity contribution < 1.29 is 57.8 Å². The molecule has 446 valence electrons. The van der Waals surface area contributed by atoms with Crippen LogP contribution < -0.4 is 33.7 Å². The van der Waals surface area contributed by atoms with Gasteiger partial charge in [0.25, 0.3) is 5.91 Å². The number of nitrogens with zero attached hydrogens (tertiary/aromatic N) is 1. The van der Waals surface area contributed by atoms with Gasteiger partial charge in [0, 0.05) is 35.4 Å². The molecule has 4 fully saturated rings. The van der Waals surface area contributed by atoms with Gasteiger partial charge < -0.3 is 54.1 Å². The van der Waals surface area contributed by atoms with Crippen LogP contribution in [0.2, 0.25) is 0 Å². The molecule has 4 aliphatic carbocycles. The summed E-state index contributed by atoms with van der Waals surface area (Å²) in [4.78, 5) is 35.4. The molecule has 2 unspecified atom stereocenters. The van der Waals surface area contributed by atoms with Gasteiger partial charge in [-0.1, -0.05) is 74.0 Å². The van der Waals surface area contributed by atoms with Crippen LogP contribution in [0.4, 0.5) is 5.69 Å². The highest BCUT2D eigenvalue weighted by Gasteiger charge is 2.42. The number of rotatable bonds is 23. The zero-order valence-electron chi connectivity index (χ0n) is 49.4. The fourth-order valence-electron chi connectivity index (χ4n) is 12.5. The number of nitrogens with one attached hydrogen (secondary N) is 2. The van der Waals surface area contributed by atoms with E-state index in [4.69, 9.17) is 38.6 Å². The second-order valence-corrected chi connectivity index (χ2v) is 23.0. The van der Waals surface area contributed by atoms with Gasteiger partial charge in [0.05, 0.1) is 52.6 Å². The summed E-state index contributed by atoms with van der Waals surface area (Å²) in [5.41, 5.74) is 3.73. The number of aryl methyl sites for hydroxylation is 1. The van der Waals surface area contributed by atoms with Gasteiger partial charge in [0.15, 0.2) is 40.1 Å². The molecule has 0 radical (unpaired) electrons. The first kappa shape index (κ1) is 62.2. The molecule has 15 heteroatoms. The first-order chi connectivity index (χ1) is 40.7. The summed E-state index contributed by atoms with van der Waals surface area (Å²) in [5, 5.41) is 40.7. The molecule has 5 aliphatic rings. The largest absolute Gasteiger partial charge is 0.493 e.